The molecule has 148 valence electrons. The minimum Gasteiger partial charge on any atom is -0.335 e. The molecule has 1 saturated heterocycles. The molecule has 0 atom stereocenters. The van der Waals surface area contributed by atoms with Crippen LogP contribution in [0.5, 0.6) is 0 Å². The first-order chi connectivity index (χ1) is 13.6. The first-order valence-electron chi connectivity index (χ1n) is 10.0. The molecule has 2 fully saturated rings. The van der Waals surface area contributed by atoms with Gasteiger partial charge in [-0.3, -0.25) is 14.5 Å². The number of aryl methyl sites for hydroxylation is 1. The van der Waals surface area contributed by atoms with Crippen LogP contribution in [-0.4, -0.2) is 65.3 Å². The lowest BCUT2D eigenvalue weighted by molar-refractivity contribution is -0.134. The van der Waals surface area contributed by atoms with Crippen molar-refractivity contribution >= 4 is 23.2 Å². The topological polar surface area (TPSA) is 43.9 Å². The highest BCUT2D eigenvalue weighted by atomic mass is 32.1. The van der Waals surface area contributed by atoms with Crippen LogP contribution in [0.2, 0.25) is 0 Å². The van der Waals surface area contributed by atoms with Crippen molar-refractivity contribution in [1.29, 1.82) is 0 Å². The Morgan fingerprint density at radius 3 is 2.39 bits per heavy atom. The normalized spacial score (nSPS) is 17.5. The molecule has 2 amide bonds. The van der Waals surface area contributed by atoms with Crippen molar-refractivity contribution in [3.8, 4) is 0 Å². The van der Waals surface area contributed by atoms with Crippen molar-refractivity contribution < 1.29 is 9.59 Å². The summed E-state index contributed by atoms with van der Waals surface area (Å²) in [4.78, 5) is 32.4. The van der Waals surface area contributed by atoms with Gasteiger partial charge in [0.15, 0.2) is 0 Å². The van der Waals surface area contributed by atoms with E-state index in [-0.39, 0.29) is 11.8 Å². The predicted molar refractivity (Wildman–Crippen MR) is 111 cm³/mol. The van der Waals surface area contributed by atoms with Crippen LogP contribution in [-0.2, 0) is 11.3 Å². The number of benzene rings is 1. The number of piperazine rings is 1. The molecule has 1 aromatic heterocycles. The van der Waals surface area contributed by atoms with Crippen molar-refractivity contribution in [3.05, 3.63) is 57.8 Å². The van der Waals surface area contributed by atoms with Crippen LogP contribution in [0.25, 0.3) is 0 Å². The van der Waals surface area contributed by atoms with E-state index >= 15 is 0 Å². The van der Waals surface area contributed by atoms with E-state index in [1.165, 1.54) is 22.5 Å². The summed E-state index contributed by atoms with van der Waals surface area (Å²) < 4.78 is 0. The van der Waals surface area contributed by atoms with Gasteiger partial charge in [-0.15, -0.1) is 11.3 Å². The van der Waals surface area contributed by atoms with Gasteiger partial charge in [-0.2, -0.15) is 0 Å². The van der Waals surface area contributed by atoms with Crippen molar-refractivity contribution in [1.82, 2.24) is 14.7 Å². The highest BCUT2D eigenvalue weighted by Crippen LogP contribution is 2.28. The Bertz CT molecular complexity index is 807. The van der Waals surface area contributed by atoms with E-state index in [0.29, 0.717) is 32.2 Å². The Morgan fingerprint density at radius 1 is 1.07 bits per heavy atom. The number of carbonyl (C=O) groups is 2. The number of amides is 2. The summed E-state index contributed by atoms with van der Waals surface area (Å²) in [5.74, 6) is 0.320. The lowest BCUT2D eigenvalue weighted by Gasteiger charge is -2.35. The SMILES string of the molecule is Cc1ccc(CN(C(=O)CN2CCN(C(=O)c3cccs3)CC2)C2CC2)cc1. The van der Waals surface area contributed by atoms with Crippen molar-refractivity contribution in [2.24, 2.45) is 0 Å². The Hall–Kier alpha value is -2.18. The fourth-order valence-corrected chi connectivity index (χ4v) is 4.34. The average Bonchev–Trinajstić information content (AvgIpc) is 3.40. The second-order valence-electron chi connectivity index (χ2n) is 7.78. The highest BCUT2D eigenvalue weighted by molar-refractivity contribution is 7.12. The molecule has 0 bridgehead atoms. The number of carbonyl (C=O) groups excluding carboxylic acids is 2. The van der Waals surface area contributed by atoms with Crippen LogP contribution >= 0.6 is 11.3 Å². The van der Waals surface area contributed by atoms with Crippen LogP contribution in [0.3, 0.4) is 0 Å². The van der Waals surface area contributed by atoms with Gasteiger partial charge in [0, 0.05) is 38.8 Å². The summed E-state index contributed by atoms with van der Waals surface area (Å²) in [6.07, 6.45) is 2.22. The van der Waals surface area contributed by atoms with Crippen molar-refractivity contribution in [2.45, 2.75) is 32.4 Å². The molecular formula is C22H27N3O2S. The Kier molecular flexibility index (Phi) is 5.78. The Labute approximate surface area is 170 Å². The van der Waals surface area contributed by atoms with E-state index in [1.54, 1.807) is 0 Å². The summed E-state index contributed by atoms with van der Waals surface area (Å²) in [5, 5.41) is 1.93. The quantitative estimate of drug-likeness (QED) is 0.753. The van der Waals surface area contributed by atoms with Gasteiger partial charge in [-0.1, -0.05) is 35.9 Å². The van der Waals surface area contributed by atoms with E-state index in [9.17, 15) is 9.59 Å². The number of rotatable bonds is 6. The lowest BCUT2D eigenvalue weighted by atomic mass is 10.1. The molecule has 1 saturated carbocycles. The van der Waals surface area contributed by atoms with Crippen LogP contribution in [0.4, 0.5) is 0 Å². The fourth-order valence-electron chi connectivity index (χ4n) is 3.64. The summed E-state index contributed by atoms with van der Waals surface area (Å²) in [6, 6.07) is 12.6. The maximum Gasteiger partial charge on any atom is 0.264 e. The third-order valence-corrected chi connectivity index (χ3v) is 6.39. The summed E-state index contributed by atoms with van der Waals surface area (Å²) in [5.41, 5.74) is 2.43. The first kappa shape index (κ1) is 19.2. The molecule has 1 aromatic carbocycles. The highest BCUT2D eigenvalue weighted by Gasteiger charge is 2.33. The molecule has 28 heavy (non-hydrogen) atoms. The fraction of sp³-hybridized carbons (Fsp3) is 0.455. The summed E-state index contributed by atoms with van der Waals surface area (Å²) >= 11 is 1.49. The van der Waals surface area contributed by atoms with E-state index < -0.39 is 0 Å². The zero-order valence-corrected chi connectivity index (χ0v) is 17.2. The number of thiophene rings is 1. The molecule has 6 heteroatoms. The minimum absolute atomic E-state index is 0.111. The molecule has 1 aliphatic carbocycles. The minimum atomic E-state index is 0.111. The Morgan fingerprint density at radius 2 is 1.79 bits per heavy atom. The van der Waals surface area contributed by atoms with E-state index in [1.807, 2.05) is 27.3 Å². The number of nitrogens with zero attached hydrogens (tertiary/aromatic N) is 3. The molecule has 0 N–H and O–H groups in total. The lowest BCUT2D eigenvalue weighted by Crippen LogP contribution is -2.51. The smallest absolute Gasteiger partial charge is 0.264 e. The summed E-state index contributed by atoms with van der Waals surface area (Å²) in [6.45, 7) is 6.11. The standard InChI is InChI=1S/C22H27N3O2S/c1-17-4-6-18(7-5-17)15-25(19-8-9-19)21(26)16-23-10-12-24(13-11-23)22(27)20-3-2-14-28-20/h2-7,14,19H,8-13,15-16H2,1H3. The van der Waals surface area contributed by atoms with Gasteiger partial charge < -0.3 is 9.80 Å². The molecule has 0 unspecified atom stereocenters. The zero-order valence-electron chi connectivity index (χ0n) is 16.3. The van der Waals surface area contributed by atoms with Gasteiger partial charge in [0.1, 0.15) is 0 Å². The molecule has 4 rings (SSSR count). The van der Waals surface area contributed by atoms with Crippen LogP contribution in [0.1, 0.15) is 33.6 Å². The van der Waals surface area contributed by atoms with Gasteiger partial charge in [-0.25, -0.2) is 0 Å². The third kappa shape index (κ3) is 4.62. The molecule has 2 aromatic rings. The Balaban J connectivity index is 1.30. The number of hydrogen-bond acceptors (Lipinski definition) is 4. The van der Waals surface area contributed by atoms with Gasteiger partial charge in [0.05, 0.1) is 11.4 Å². The van der Waals surface area contributed by atoms with Gasteiger partial charge in [0.25, 0.3) is 5.91 Å². The van der Waals surface area contributed by atoms with Crippen molar-refractivity contribution in [2.75, 3.05) is 32.7 Å². The molecule has 2 heterocycles. The van der Waals surface area contributed by atoms with Gasteiger partial charge in [-0.05, 0) is 36.8 Å². The summed E-state index contributed by atoms with van der Waals surface area (Å²) in [7, 11) is 0. The molecule has 1 aliphatic heterocycles. The average molecular weight is 398 g/mol. The molecule has 2 aliphatic rings. The maximum absolute atomic E-state index is 13.0. The van der Waals surface area contributed by atoms with E-state index in [0.717, 1.165) is 30.8 Å². The van der Waals surface area contributed by atoms with Crippen LogP contribution in [0.15, 0.2) is 41.8 Å². The molecule has 0 radical (unpaired) electrons. The van der Waals surface area contributed by atoms with Crippen molar-refractivity contribution in [3.63, 3.8) is 0 Å². The van der Waals surface area contributed by atoms with Gasteiger partial charge >= 0.3 is 0 Å². The second kappa shape index (κ2) is 8.45. The van der Waals surface area contributed by atoms with E-state index in [2.05, 4.69) is 36.1 Å². The molecular weight excluding hydrogens is 370 g/mol. The third-order valence-electron chi connectivity index (χ3n) is 5.53. The monoisotopic (exact) mass is 397 g/mol. The van der Waals surface area contributed by atoms with E-state index in [4.69, 9.17) is 0 Å². The largest absolute Gasteiger partial charge is 0.335 e. The van der Waals surface area contributed by atoms with Gasteiger partial charge in [0.2, 0.25) is 5.91 Å². The second-order valence-corrected chi connectivity index (χ2v) is 8.73. The number of hydrogen-bond donors (Lipinski definition) is 0. The molecule has 0 spiro atoms. The molecule has 5 nitrogen and oxygen atoms in total. The predicted octanol–water partition coefficient (Wildman–Crippen LogP) is 3.01. The maximum atomic E-state index is 13.0. The zero-order chi connectivity index (χ0) is 19.5. The first-order valence-corrected chi connectivity index (χ1v) is 10.9. The van der Waals surface area contributed by atoms with Crippen LogP contribution < -0.4 is 0 Å². The van der Waals surface area contributed by atoms with Crippen LogP contribution in [0, 0.1) is 6.92 Å².